The first-order valence-electron chi connectivity index (χ1n) is 19.7. The molecule has 4 aliphatic heterocycles. The Morgan fingerprint density at radius 1 is 0.764 bits per heavy atom. The van der Waals surface area contributed by atoms with Gasteiger partial charge in [-0.25, -0.2) is 0 Å². The lowest BCUT2D eigenvalue weighted by molar-refractivity contribution is -0.136. The van der Waals surface area contributed by atoms with Crippen LogP contribution in [0.25, 0.3) is 22.2 Å². The van der Waals surface area contributed by atoms with E-state index in [-0.39, 0.29) is 29.9 Å². The molecule has 5 aromatic rings. The number of benzene rings is 4. The summed E-state index contributed by atoms with van der Waals surface area (Å²) in [6.45, 7) is 10.5. The molecule has 9 rings (SSSR count). The maximum atomic E-state index is 13.1. The molecule has 10 heteroatoms. The van der Waals surface area contributed by atoms with Gasteiger partial charge < -0.3 is 24.4 Å². The lowest BCUT2D eigenvalue weighted by Crippen LogP contribution is -2.52. The number of aromatic hydroxyl groups is 1. The Labute approximate surface area is 321 Å². The Morgan fingerprint density at radius 3 is 2.24 bits per heavy atom. The lowest BCUT2D eigenvalue weighted by atomic mass is 9.95. The predicted molar refractivity (Wildman–Crippen MR) is 215 cm³/mol. The van der Waals surface area contributed by atoms with E-state index >= 15 is 0 Å². The predicted octanol–water partition coefficient (Wildman–Crippen LogP) is 6.17. The smallest absolute Gasteiger partial charge is 0.255 e. The van der Waals surface area contributed by atoms with E-state index in [2.05, 4.69) is 86.1 Å². The molecule has 3 fully saturated rings. The summed E-state index contributed by atoms with van der Waals surface area (Å²) in [5.74, 6) is 0.214. The van der Waals surface area contributed by atoms with Gasteiger partial charge in [0, 0.05) is 93.2 Å². The summed E-state index contributed by atoms with van der Waals surface area (Å²) in [6, 6.07) is 30.8. The third-order valence-corrected chi connectivity index (χ3v) is 12.4. The van der Waals surface area contributed by atoms with Gasteiger partial charge in [0.05, 0.1) is 5.69 Å². The molecule has 4 aromatic carbocycles. The van der Waals surface area contributed by atoms with Gasteiger partial charge >= 0.3 is 0 Å². The number of hydrogen-bond donors (Lipinski definition) is 2. The number of piperidine rings is 2. The van der Waals surface area contributed by atoms with Crippen molar-refractivity contribution in [2.75, 3.05) is 55.6 Å². The molecule has 3 amide bonds. The zero-order chi connectivity index (χ0) is 37.6. The number of nitrogens with one attached hydrogen (secondary N) is 1. The van der Waals surface area contributed by atoms with E-state index in [0.29, 0.717) is 24.4 Å². The number of aromatic nitrogens is 1. The van der Waals surface area contributed by atoms with Gasteiger partial charge in [-0.1, -0.05) is 42.5 Å². The van der Waals surface area contributed by atoms with Crippen LogP contribution in [0.5, 0.6) is 5.75 Å². The van der Waals surface area contributed by atoms with E-state index in [1.165, 1.54) is 40.9 Å². The zero-order valence-corrected chi connectivity index (χ0v) is 31.4. The molecule has 1 unspecified atom stereocenters. The van der Waals surface area contributed by atoms with Crippen molar-refractivity contribution in [2.45, 2.75) is 51.7 Å². The molecule has 3 saturated heterocycles. The molecule has 0 saturated carbocycles. The number of nitrogens with zero attached hydrogens (tertiary/aromatic N) is 5. The number of rotatable bonds is 8. The van der Waals surface area contributed by atoms with Crippen molar-refractivity contribution < 1.29 is 19.5 Å². The molecule has 10 nitrogen and oxygen atoms in total. The highest BCUT2D eigenvalue weighted by Crippen LogP contribution is 2.36. The highest BCUT2D eigenvalue weighted by atomic mass is 16.3. The average molecular weight is 737 g/mol. The highest BCUT2D eigenvalue weighted by molar-refractivity contribution is 6.05. The minimum absolute atomic E-state index is 0.124. The van der Waals surface area contributed by atoms with Crippen LogP contribution in [-0.4, -0.2) is 89.1 Å². The van der Waals surface area contributed by atoms with E-state index < -0.39 is 6.04 Å². The van der Waals surface area contributed by atoms with Crippen LogP contribution >= 0.6 is 0 Å². The largest absolute Gasteiger partial charge is 0.508 e. The molecule has 0 bridgehead atoms. The molecular formula is C45H48N6O4. The summed E-state index contributed by atoms with van der Waals surface area (Å²) in [6.07, 6.45) is 3.01. The van der Waals surface area contributed by atoms with Crippen molar-refractivity contribution >= 4 is 40.0 Å². The molecule has 4 aliphatic rings. The molecule has 5 heterocycles. The standard InChI is InChI=1S/C45H48N6O4/c1-30-39-26-37(52)12-14-40(39)50(43(30)33-5-3-2-4-6-33)28-31-7-9-35(10-8-31)48-19-17-32(18-20-48)27-47-21-23-49(24-22-47)36-11-13-38-34(25-36)29-51(45(38)55)41-15-16-42(53)46-44(41)54/h2-14,25-26,32,41,52H,15-24,27-29H2,1H3,(H,46,53,54). The van der Waals surface area contributed by atoms with Crippen molar-refractivity contribution in [2.24, 2.45) is 5.92 Å². The van der Waals surface area contributed by atoms with Crippen LogP contribution in [-0.2, 0) is 22.7 Å². The molecule has 0 spiro atoms. The quantitative estimate of drug-likeness (QED) is 0.184. The number of anilines is 2. The molecule has 0 radical (unpaired) electrons. The van der Waals surface area contributed by atoms with Crippen LogP contribution in [0.2, 0.25) is 0 Å². The maximum Gasteiger partial charge on any atom is 0.255 e. The summed E-state index contributed by atoms with van der Waals surface area (Å²) in [7, 11) is 0. The third kappa shape index (κ3) is 6.84. The van der Waals surface area contributed by atoms with E-state index in [1.807, 2.05) is 30.3 Å². The molecule has 55 heavy (non-hydrogen) atoms. The lowest BCUT2D eigenvalue weighted by Gasteiger charge is -2.40. The van der Waals surface area contributed by atoms with E-state index in [9.17, 15) is 19.5 Å². The average Bonchev–Trinajstić information content (AvgIpc) is 3.67. The van der Waals surface area contributed by atoms with Gasteiger partial charge in [0.2, 0.25) is 11.8 Å². The minimum atomic E-state index is -0.587. The molecule has 2 N–H and O–H groups in total. The Bertz CT molecular complexity index is 2250. The zero-order valence-electron chi connectivity index (χ0n) is 31.4. The number of phenolic OH excluding ortho intramolecular Hbond substituents is 1. The van der Waals surface area contributed by atoms with Crippen LogP contribution in [0.15, 0.2) is 91.0 Å². The number of hydrogen-bond acceptors (Lipinski definition) is 7. The van der Waals surface area contributed by atoms with Crippen molar-refractivity contribution in [1.82, 2.24) is 19.7 Å². The fourth-order valence-electron chi connectivity index (χ4n) is 9.32. The van der Waals surface area contributed by atoms with Crippen molar-refractivity contribution in [3.8, 4) is 17.0 Å². The highest BCUT2D eigenvalue weighted by Gasteiger charge is 2.39. The number of aryl methyl sites for hydroxylation is 1. The Morgan fingerprint density at radius 2 is 1.49 bits per heavy atom. The van der Waals surface area contributed by atoms with Crippen molar-refractivity contribution in [1.29, 1.82) is 0 Å². The number of piperazine rings is 1. The molecule has 282 valence electrons. The number of amides is 3. The van der Waals surface area contributed by atoms with E-state index in [1.54, 1.807) is 11.0 Å². The second kappa shape index (κ2) is 14.6. The van der Waals surface area contributed by atoms with Crippen LogP contribution in [0.4, 0.5) is 11.4 Å². The van der Waals surface area contributed by atoms with Crippen LogP contribution < -0.4 is 15.1 Å². The Hall–Kier alpha value is -5.61. The van der Waals surface area contributed by atoms with Gasteiger partial charge in [-0.15, -0.1) is 0 Å². The minimum Gasteiger partial charge on any atom is -0.508 e. The van der Waals surface area contributed by atoms with Crippen LogP contribution in [0.1, 0.15) is 52.7 Å². The number of fused-ring (bicyclic) bond motifs is 2. The number of phenols is 1. The Balaban J connectivity index is 0.774. The van der Waals surface area contributed by atoms with Crippen LogP contribution in [0, 0.1) is 12.8 Å². The van der Waals surface area contributed by atoms with Gasteiger partial charge in [0.1, 0.15) is 11.8 Å². The second-order valence-electron chi connectivity index (χ2n) is 15.8. The van der Waals surface area contributed by atoms with Gasteiger partial charge in [0.15, 0.2) is 0 Å². The van der Waals surface area contributed by atoms with Crippen LogP contribution in [0.3, 0.4) is 0 Å². The van der Waals surface area contributed by atoms with Crippen molar-refractivity contribution in [3.05, 3.63) is 113 Å². The number of carbonyl (C=O) groups is 3. The number of carbonyl (C=O) groups excluding carboxylic acids is 3. The van der Waals surface area contributed by atoms with Gasteiger partial charge in [0.25, 0.3) is 5.91 Å². The van der Waals surface area contributed by atoms with Crippen molar-refractivity contribution in [3.63, 3.8) is 0 Å². The van der Waals surface area contributed by atoms with Gasteiger partial charge in [-0.3, -0.25) is 24.6 Å². The summed E-state index contributed by atoms with van der Waals surface area (Å²) < 4.78 is 2.38. The summed E-state index contributed by atoms with van der Waals surface area (Å²) >= 11 is 0. The fraction of sp³-hybridized carbons (Fsp3) is 0.356. The molecule has 1 aromatic heterocycles. The Kier molecular flexibility index (Phi) is 9.30. The molecule has 1 atom stereocenters. The number of imide groups is 1. The molecular weight excluding hydrogens is 689 g/mol. The monoisotopic (exact) mass is 736 g/mol. The normalized spacial score (nSPS) is 19.7. The first-order valence-corrected chi connectivity index (χ1v) is 19.7. The summed E-state index contributed by atoms with van der Waals surface area (Å²) in [4.78, 5) is 46.4. The maximum absolute atomic E-state index is 13.1. The van der Waals surface area contributed by atoms with E-state index in [0.717, 1.165) is 74.5 Å². The first kappa shape index (κ1) is 35.1. The topological polar surface area (TPSA) is 101 Å². The summed E-state index contributed by atoms with van der Waals surface area (Å²) in [5, 5.41) is 13.7. The van der Waals surface area contributed by atoms with E-state index in [4.69, 9.17) is 0 Å². The molecule has 0 aliphatic carbocycles. The summed E-state index contributed by atoms with van der Waals surface area (Å²) in [5.41, 5.74) is 9.96. The van der Waals surface area contributed by atoms with Gasteiger partial charge in [-0.05, 0) is 103 Å². The SMILES string of the molecule is Cc1c(-c2ccccc2)n(Cc2ccc(N3CCC(CN4CCN(c5ccc6c(c5)CN(C5CCC(=O)NC5=O)C6=O)CC4)CC3)cc2)c2ccc(O)cc12. The van der Waals surface area contributed by atoms with Gasteiger partial charge in [-0.2, -0.15) is 0 Å². The second-order valence-corrected chi connectivity index (χ2v) is 15.8. The first-order chi connectivity index (χ1) is 26.8. The fourth-order valence-corrected chi connectivity index (χ4v) is 9.32. The third-order valence-electron chi connectivity index (χ3n) is 12.4.